The number of rotatable bonds is 4. The Hall–Kier alpha value is -0.0300. The Kier molecular flexibility index (Phi) is 4.52. The van der Waals surface area contributed by atoms with E-state index in [1.165, 1.54) is 41.2 Å². The van der Waals surface area contributed by atoms with Gasteiger partial charge in [-0.2, -0.15) is 11.8 Å². The zero-order chi connectivity index (χ0) is 13.1. The maximum atomic E-state index is 6.08. The Balaban J connectivity index is 1.55. The fourth-order valence-corrected chi connectivity index (χ4v) is 5.44. The molecule has 1 N–H and O–H groups in total. The van der Waals surface area contributed by atoms with Crippen molar-refractivity contribution in [1.29, 1.82) is 0 Å². The molecule has 19 heavy (non-hydrogen) atoms. The van der Waals surface area contributed by atoms with E-state index in [1.807, 2.05) is 11.3 Å². The molecule has 106 valence electrons. The smallest absolute Gasteiger partial charge is 0.0795 e. The van der Waals surface area contributed by atoms with Crippen molar-refractivity contribution in [3.63, 3.8) is 0 Å². The summed E-state index contributed by atoms with van der Waals surface area (Å²) in [6, 6.07) is 2.90. The fourth-order valence-electron chi connectivity index (χ4n) is 3.14. The zero-order valence-electron chi connectivity index (χ0n) is 11.6. The average Bonchev–Trinajstić information content (AvgIpc) is 3.06. The van der Waals surface area contributed by atoms with Crippen molar-refractivity contribution in [2.45, 2.75) is 50.8 Å². The van der Waals surface area contributed by atoms with Gasteiger partial charge in [-0.25, -0.2) is 0 Å². The number of nitrogens with one attached hydrogen (secondary N) is 1. The van der Waals surface area contributed by atoms with E-state index in [0.29, 0.717) is 6.04 Å². The molecule has 3 heterocycles. The Morgan fingerprint density at radius 2 is 2.47 bits per heavy atom. The van der Waals surface area contributed by atoms with Crippen LogP contribution in [0.15, 0.2) is 11.4 Å². The highest BCUT2D eigenvalue weighted by atomic mass is 32.2. The van der Waals surface area contributed by atoms with E-state index in [9.17, 15) is 0 Å². The van der Waals surface area contributed by atoms with Crippen LogP contribution in [-0.2, 0) is 17.7 Å². The van der Waals surface area contributed by atoms with Crippen molar-refractivity contribution >= 4 is 23.1 Å². The molecule has 0 radical (unpaired) electrons. The molecule has 0 aromatic carbocycles. The largest absolute Gasteiger partial charge is 0.374 e. The number of hydrogen-bond donors (Lipinski definition) is 1. The van der Waals surface area contributed by atoms with Gasteiger partial charge in [0.05, 0.1) is 5.60 Å². The molecular weight excluding hydrogens is 274 g/mol. The van der Waals surface area contributed by atoms with Crippen LogP contribution in [0.5, 0.6) is 0 Å². The summed E-state index contributed by atoms with van der Waals surface area (Å²) in [5.74, 6) is 2.47. The van der Waals surface area contributed by atoms with Gasteiger partial charge in [-0.05, 0) is 48.4 Å². The van der Waals surface area contributed by atoms with Crippen molar-refractivity contribution < 1.29 is 4.74 Å². The third kappa shape index (κ3) is 3.18. The number of thiophene rings is 1. The lowest BCUT2D eigenvalue weighted by Gasteiger charge is -2.38. The van der Waals surface area contributed by atoms with E-state index < -0.39 is 0 Å². The lowest BCUT2D eigenvalue weighted by Crippen LogP contribution is -2.47. The molecular formula is C15H23NOS2. The van der Waals surface area contributed by atoms with E-state index in [-0.39, 0.29) is 5.60 Å². The monoisotopic (exact) mass is 297 g/mol. The summed E-state index contributed by atoms with van der Waals surface area (Å²) in [5, 5.41) is 5.99. The quantitative estimate of drug-likeness (QED) is 0.919. The van der Waals surface area contributed by atoms with Crippen molar-refractivity contribution in [3.8, 4) is 0 Å². The van der Waals surface area contributed by atoms with Gasteiger partial charge in [0, 0.05) is 29.8 Å². The standard InChI is InChI=1S/C15H23NOS2/c1-2-12-4-7-19-14(12)10-16-13-3-6-17-15(9-13)5-8-18-11-15/h4,7,13,16H,2-3,5-6,8-11H2,1H3. The molecule has 1 spiro atoms. The second-order valence-corrected chi connectivity index (χ2v) is 7.73. The van der Waals surface area contributed by atoms with Gasteiger partial charge in [0.2, 0.25) is 0 Å². The first-order valence-electron chi connectivity index (χ1n) is 7.32. The fraction of sp³-hybridized carbons (Fsp3) is 0.733. The van der Waals surface area contributed by atoms with Crippen LogP contribution in [0.4, 0.5) is 0 Å². The summed E-state index contributed by atoms with van der Waals surface area (Å²) in [6.45, 7) is 4.21. The first-order valence-corrected chi connectivity index (χ1v) is 9.35. The van der Waals surface area contributed by atoms with Gasteiger partial charge >= 0.3 is 0 Å². The normalized spacial score (nSPS) is 31.1. The highest BCUT2D eigenvalue weighted by Crippen LogP contribution is 2.38. The molecule has 2 aliphatic heterocycles. The van der Waals surface area contributed by atoms with Crippen LogP contribution in [0.1, 0.15) is 36.6 Å². The Bertz CT molecular complexity index is 412. The average molecular weight is 297 g/mol. The molecule has 2 aliphatic rings. The van der Waals surface area contributed by atoms with Crippen LogP contribution < -0.4 is 5.32 Å². The number of ether oxygens (including phenoxy) is 1. The Morgan fingerprint density at radius 3 is 3.26 bits per heavy atom. The molecule has 0 aliphatic carbocycles. The van der Waals surface area contributed by atoms with Crippen molar-refractivity contribution in [2.24, 2.45) is 0 Å². The Morgan fingerprint density at radius 1 is 1.53 bits per heavy atom. The van der Waals surface area contributed by atoms with E-state index in [4.69, 9.17) is 4.74 Å². The lowest BCUT2D eigenvalue weighted by atomic mass is 9.90. The first kappa shape index (κ1) is 13.9. The topological polar surface area (TPSA) is 21.3 Å². The van der Waals surface area contributed by atoms with Gasteiger partial charge < -0.3 is 10.1 Å². The maximum absolute atomic E-state index is 6.08. The molecule has 2 saturated heterocycles. The van der Waals surface area contributed by atoms with E-state index >= 15 is 0 Å². The number of aryl methyl sites for hydroxylation is 1. The molecule has 4 heteroatoms. The van der Waals surface area contributed by atoms with Gasteiger partial charge in [-0.3, -0.25) is 0 Å². The van der Waals surface area contributed by atoms with Crippen LogP contribution in [0.25, 0.3) is 0 Å². The lowest BCUT2D eigenvalue weighted by molar-refractivity contribution is -0.0702. The van der Waals surface area contributed by atoms with Crippen LogP contribution in [-0.4, -0.2) is 29.8 Å². The molecule has 0 bridgehead atoms. The minimum absolute atomic E-state index is 0.198. The second-order valence-electron chi connectivity index (χ2n) is 5.63. The van der Waals surface area contributed by atoms with Crippen molar-refractivity contribution in [3.05, 3.63) is 21.9 Å². The minimum atomic E-state index is 0.198. The van der Waals surface area contributed by atoms with Crippen LogP contribution in [0.3, 0.4) is 0 Å². The molecule has 2 unspecified atom stereocenters. The van der Waals surface area contributed by atoms with Crippen LogP contribution in [0.2, 0.25) is 0 Å². The molecule has 3 rings (SSSR count). The van der Waals surface area contributed by atoms with E-state index in [1.54, 1.807) is 0 Å². The van der Waals surface area contributed by atoms with Crippen molar-refractivity contribution in [1.82, 2.24) is 5.32 Å². The maximum Gasteiger partial charge on any atom is 0.0795 e. The van der Waals surface area contributed by atoms with Gasteiger partial charge in [0.25, 0.3) is 0 Å². The van der Waals surface area contributed by atoms with Crippen LogP contribution >= 0.6 is 23.1 Å². The summed E-state index contributed by atoms with van der Waals surface area (Å²) in [7, 11) is 0. The number of thioether (sulfide) groups is 1. The third-order valence-electron chi connectivity index (χ3n) is 4.33. The third-order valence-corrected chi connectivity index (χ3v) is 6.52. The van der Waals surface area contributed by atoms with Crippen molar-refractivity contribution in [2.75, 3.05) is 18.1 Å². The van der Waals surface area contributed by atoms with Gasteiger partial charge in [-0.15, -0.1) is 11.3 Å². The molecule has 2 fully saturated rings. The summed E-state index contributed by atoms with van der Waals surface area (Å²) >= 11 is 3.94. The highest BCUT2D eigenvalue weighted by molar-refractivity contribution is 7.99. The second kappa shape index (κ2) is 6.17. The van der Waals surface area contributed by atoms with Crippen LogP contribution in [0, 0.1) is 0 Å². The molecule has 2 nitrogen and oxygen atoms in total. The van der Waals surface area contributed by atoms with E-state index in [2.05, 4.69) is 35.4 Å². The van der Waals surface area contributed by atoms with Gasteiger partial charge in [0.1, 0.15) is 0 Å². The summed E-state index contributed by atoms with van der Waals surface area (Å²) < 4.78 is 6.08. The predicted molar refractivity (Wildman–Crippen MR) is 84.2 cm³/mol. The predicted octanol–water partition coefficient (Wildman–Crippen LogP) is 3.45. The number of hydrogen-bond acceptors (Lipinski definition) is 4. The van der Waals surface area contributed by atoms with Gasteiger partial charge in [-0.1, -0.05) is 6.92 Å². The Labute approximate surface area is 124 Å². The summed E-state index contributed by atoms with van der Waals surface area (Å²) in [6.07, 6.45) is 4.76. The minimum Gasteiger partial charge on any atom is -0.374 e. The van der Waals surface area contributed by atoms with Gasteiger partial charge in [0.15, 0.2) is 0 Å². The first-order chi connectivity index (χ1) is 9.31. The molecule has 0 saturated carbocycles. The molecule has 1 aromatic heterocycles. The van der Waals surface area contributed by atoms with E-state index in [0.717, 1.165) is 19.6 Å². The zero-order valence-corrected chi connectivity index (χ0v) is 13.2. The molecule has 2 atom stereocenters. The summed E-state index contributed by atoms with van der Waals surface area (Å²) in [5.41, 5.74) is 1.71. The highest BCUT2D eigenvalue weighted by Gasteiger charge is 2.40. The summed E-state index contributed by atoms with van der Waals surface area (Å²) in [4.78, 5) is 1.52. The molecule has 0 amide bonds. The SMILES string of the molecule is CCc1ccsc1CNC1CCOC2(CCSC2)C1. The molecule has 1 aromatic rings.